The lowest BCUT2D eigenvalue weighted by atomic mass is 10.2. The van der Waals surface area contributed by atoms with E-state index in [9.17, 15) is 9.59 Å². The molecule has 2 unspecified atom stereocenters. The number of likely N-dealkylation sites (N-methyl/N-ethyl adjacent to an activating group) is 1. The Morgan fingerprint density at radius 1 is 1.53 bits per heavy atom. The van der Waals surface area contributed by atoms with E-state index in [4.69, 9.17) is 0 Å². The van der Waals surface area contributed by atoms with E-state index in [-0.39, 0.29) is 5.91 Å². The van der Waals surface area contributed by atoms with Crippen LogP contribution in [0, 0.1) is 0 Å². The van der Waals surface area contributed by atoms with Crippen molar-refractivity contribution in [1.29, 1.82) is 0 Å². The van der Waals surface area contributed by atoms with Gasteiger partial charge in [-0.3, -0.25) is 4.79 Å². The summed E-state index contributed by atoms with van der Waals surface area (Å²) in [5.41, 5.74) is 0. The number of hydrogen-bond donors (Lipinski definition) is 2. The fourth-order valence-corrected chi connectivity index (χ4v) is 1.97. The third-order valence-electron chi connectivity index (χ3n) is 2.87. The number of hydrogen-bond acceptors (Lipinski definition) is 5. The van der Waals surface area contributed by atoms with Gasteiger partial charge in [0.1, 0.15) is 6.04 Å². The van der Waals surface area contributed by atoms with Crippen molar-refractivity contribution in [1.82, 2.24) is 15.5 Å². The van der Waals surface area contributed by atoms with Gasteiger partial charge in [-0.05, 0) is 20.0 Å². The van der Waals surface area contributed by atoms with E-state index in [0.29, 0.717) is 12.6 Å². The van der Waals surface area contributed by atoms with Crippen LogP contribution in [-0.4, -0.2) is 62.7 Å². The van der Waals surface area contributed by atoms with Gasteiger partial charge < -0.3 is 20.3 Å². The van der Waals surface area contributed by atoms with Crippen LogP contribution in [0.3, 0.4) is 0 Å². The highest BCUT2D eigenvalue weighted by atomic mass is 16.5. The number of carbonyl (C=O) groups is 2. The van der Waals surface area contributed by atoms with Crippen molar-refractivity contribution < 1.29 is 14.3 Å². The first-order valence-corrected chi connectivity index (χ1v) is 5.79. The van der Waals surface area contributed by atoms with Crippen molar-refractivity contribution >= 4 is 11.9 Å². The number of likely N-dealkylation sites (tertiary alicyclic amines) is 1. The lowest BCUT2D eigenvalue weighted by Gasteiger charge is -2.19. The fourth-order valence-electron chi connectivity index (χ4n) is 1.97. The minimum atomic E-state index is -0.608. The molecule has 2 atom stereocenters. The summed E-state index contributed by atoms with van der Waals surface area (Å²) in [5, 5.41) is 5.85. The van der Waals surface area contributed by atoms with Gasteiger partial charge in [-0.15, -0.1) is 0 Å². The second-order valence-corrected chi connectivity index (χ2v) is 4.43. The normalized spacial score (nSPS) is 22.2. The summed E-state index contributed by atoms with van der Waals surface area (Å²) in [4.78, 5) is 24.6. The van der Waals surface area contributed by atoms with Crippen molar-refractivity contribution in [3.63, 3.8) is 0 Å². The molecule has 1 aliphatic rings. The van der Waals surface area contributed by atoms with Crippen LogP contribution < -0.4 is 10.6 Å². The summed E-state index contributed by atoms with van der Waals surface area (Å²) in [5.74, 6) is -0.648. The summed E-state index contributed by atoms with van der Waals surface area (Å²) in [6.45, 7) is 3.82. The van der Waals surface area contributed by atoms with Crippen molar-refractivity contribution in [2.24, 2.45) is 0 Å². The Morgan fingerprint density at radius 3 is 2.71 bits per heavy atom. The minimum absolute atomic E-state index is 0.231. The van der Waals surface area contributed by atoms with Crippen LogP contribution in [-0.2, 0) is 14.3 Å². The highest BCUT2D eigenvalue weighted by Gasteiger charge is 2.24. The van der Waals surface area contributed by atoms with E-state index in [1.54, 1.807) is 0 Å². The number of ether oxygens (including phenoxy) is 1. The number of nitrogens with one attached hydrogen (secondary N) is 2. The van der Waals surface area contributed by atoms with Crippen LogP contribution in [0.2, 0.25) is 0 Å². The molecule has 98 valence electrons. The van der Waals surface area contributed by atoms with Gasteiger partial charge >= 0.3 is 5.97 Å². The maximum atomic E-state index is 11.4. The van der Waals surface area contributed by atoms with Crippen LogP contribution >= 0.6 is 0 Å². The molecule has 1 fully saturated rings. The number of nitrogens with zero attached hydrogens (tertiary/aromatic N) is 1. The van der Waals surface area contributed by atoms with Gasteiger partial charge in [0.05, 0.1) is 7.11 Å². The van der Waals surface area contributed by atoms with E-state index in [1.807, 2.05) is 0 Å². The van der Waals surface area contributed by atoms with Crippen molar-refractivity contribution in [3.8, 4) is 0 Å². The zero-order chi connectivity index (χ0) is 12.8. The molecule has 0 radical (unpaired) electrons. The quantitative estimate of drug-likeness (QED) is 0.603. The third kappa shape index (κ3) is 4.70. The molecule has 1 heterocycles. The highest BCUT2D eigenvalue weighted by Crippen LogP contribution is 2.05. The second-order valence-electron chi connectivity index (χ2n) is 4.43. The minimum Gasteiger partial charge on any atom is -0.467 e. The van der Waals surface area contributed by atoms with Gasteiger partial charge in [-0.2, -0.15) is 0 Å². The molecular formula is C11H21N3O3. The van der Waals surface area contributed by atoms with Gasteiger partial charge in [0, 0.05) is 26.1 Å². The maximum Gasteiger partial charge on any atom is 0.329 e. The van der Waals surface area contributed by atoms with Crippen molar-refractivity contribution in [3.05, 3.63) is 0 Å². The van der Waals surface area contributed by atoms with Crippen LogP contribution in [0.5, 0.6) is 0 Å². The Balaban J connectivity index is 2.38. The van der Waals surface area contributed by atoms with E-state index in [2.05, 4.69) is 27.3 Å². The van der Waals surface area contributed by atoms with Gasteiger partial charge in [0.15, 0.2) is 0 Å². The summed E-state index contributed by atoms with van der Waals surface area (Å²) >= 11 is 0. The van der Waals surface area contributed by atoms with Crippen molar-refractivity contribution in [2.45, 2.75) is 25.4 Å². The van der Waals surface area contributed by atoms with Crippen LogP contribution in [0.15, 0.2) is 0 Å². The Labute approximate surface area is 102 Å². The van der Waals surface area contributed by atoms with E-state index < -0.39 is 12.0 Å². The summed E-state index contributed by atoms with van der Waals surface area (Å²) in [7, 11) is 3.38. The average Bonchev–Trinajstić information content (AvgIpc) is 2.68. The first kappa shape index (κ1) is 13.9. The number of carbonyl (C=O) groups excluding carboxylic acids is 2. The molecule has 0 aromatic carbocycles. The number of esters is 1. The van der Waals surface area contributed by atoms with Crippen LogP contribution in [0.25, 0.3) is 0 Å². The van der Waals surface area contributed by atoms with Crippen LogP contribution in [0.4, 0.5) is 0 Å². The molecular weight excluding hydrogens is 222 g/mol. The Kier molecular flexibility index (Phi) is 5.37. The SMILES string of the molecule is COC(=O)C(CNC1CCN(C)C1)NC(C)=O. The first-order valence-electron chi connectivity index (χ1n) is 5.79. The van der Waals surface area contributed by atoms with E-state index in [0.717, 1.165) is 19.5 Å². The van der Waals surface area contributed by atoms with E-state index in [1.165, 1.54) is 14.0 Å². The molecule has 0 aromatic rings. The number of rotatable bonds is 5. The molecule has 6 nitrogen and oxygen atoms in total. The second kappa shape index (κ2) is 6.56. The number of methoxy groups -OCH3 is 1. The van der Waals surface area contributed by atoms with Gasteiger partial charge in [-0.1, -0.05) is 0 Å². The molecule has 0 spiro atoms. The molecule has 0 saturated carbocycles. The largest absolute Gasteiger partial charge is 0.467 e. The van der Waals surface area contributed by atoms with Gasteiger partial charge in [0.25, 0.3) is 0 Å². The van der Waals surface area contributed by atoms with Gasteiger partial charge in [-0.25, -0.2) is 4.79 Å². The zero-order valence-electron chi connectivity index (χ0n) is 10.7. The summed E-state index contributed by atoms with van der Waals surface area (Å²) in [6.07, 6.45) is 1.06. The molecule has 1 aliphatic heterocycles. The molecule has 1 amide bonds. The fraction of sp³-hybridized carbons (Fsp3) is 0.818. The lowest BCUT2D eigenvalue weighted by molar-refractivity contribution is -0.144. The maximum absolute atomic E-state index is 11.4. The molecule has 2 N–H and O–H groups in total. The topological polar surface area (TPSA) is 70.7 Å². The van der Waals surface area contributed by atoms with Gasteiger partial charge in [0.2, 0.25) is 5.91 Å². The lowest BCUT2D eigenvalue weighted by Crippen LogP contribution is -2.49. The summed E-state index contributed by atoms with van der Waals surface area (Å²) < 4.78 is 4.65. The molecule has 0 bridgehead atoms. The molecule has 1 rings (SSSR count). The predicted octanol–water partition coefficient (Wildman–Crippen LogP) is -1.04. The summed E-state index contributed by atoms with van der Waals surface area (Å²) in [6, 6.07) is -0.232. The zero-order valence-corrected chi connectivity index (χ0v) is 10.7. The van der Waals surface area contributed by atoms with Crippen molar-refractivity contribution in [2.75, 3.05) is 33.8 Å². The van der Waals surface area contributed by atoms with E-state index >= 15 is 0 Å². The molecule has 0 aromatic heterocycles. The number of amides is 1. The predicted molar refractivity (Wildman–Crippen MR) is 63.5 cm³/mol. The highest BCUT2D eigenvalue weighted by molar-refractivity contribution is 5.83. The molecule has 17 heavy (non-hydrogen) atoms. The van der Waals surface area contributed by atoms with Crippen LogP contribution in [0.1, 0.15) is 13.3 Å². The molecule has 6 heteroatoms. The Bertz CT molecular complexity index is 283. The monoisotopic (exact) mass is 243 g/mol. The average molecular weight is 243 g/mol. The standard InChI is InChI=1S/C11H21N3O3/c1-8(15)13-10(11(16)17-3)6-12-9-4-5-14(2)7-9/h9-10,12H,4-7H2,1-3H3,(H,13,15). The molecule has 1 saturated heterocycles. The Hall–Kier alpha value is -1.14. The first-order chi connectivity index (χ1) is 8.02. The molecule has 0 aliphatic carbocycles. The Morgan fingerprint density at radius 2 is 2.24 bits per heavy atom. The third-order valence-corrected chi connectivity index (χ3v) is 2.87. The smallest absolute Gasteiger partial charge is 0.329 e.